The zero-order valence-electron chi connectivity index (χ0n) is 11.1. The Morgan fingerprint density at radius 3 is 3.06 bits per heavy atom. The zero-order valence-corrected chi connectivity index (χ0v) is 11.1. The van der Waals surface area contributed by atoms with Crippen LogP contribution < -0.4 is 10.6 Å². The number of amides is 1. The Morgan fingerprint density at radius 2 is 2.44 bits per heavy atom. The van der Waals surface area contributed by atoms with Gasteiger partial charge in [-0.25, -0.2) is 0 Å². The van der Waals surface area contributed by atoms with Crippen LogP contribution in [0.5, 0.6) is 0 Å². The van der Waals surface area contributed by atoms with E-state index in [9.17, 15) is 4.79 Å². The molecule has 1 fully saturated rings. The van der Waals surface area contributed by atoms with Crippen molar-refractivity contribution in [3.8, 4) is 0 Å². The summed E-state index contributed by atoms with van der Waals surface area (Å²) in [5.74, 6) is 0.273. The van der Waals surface area contributed by atoms with Crippen LogP contribution in [-0.2, 0) is 11.3 Å². The second-order valence-electron chi connectivity index (χ2n) is 5.22. The molecule has 18 heavy (non-hydrogen) atoms. The van der Waals surface area contributed by atoms with Gasteiger partial charge in [0.05, 0.1) is 12.5 Å². The number of carbonyl (C=O) groups excluding carboxylic acids is 1. The van der Waals surface area contributed by atoms with E-state index in [1.54, 1.807) is 6.20 Å². The topological polar surface area (TPSA) is 59.0 Å². The molecule has 0 radical (unpaired) electrons. The second-order valence-corrected chi connectivity index (χ2v) is 5.22. The molecule has 0 bridgehead atoms. The Labute approximate surface area is 108 Å². The molecule has 5 nitrogen and oxygen atoms in total. The number of rotatable bonds is 4. The lowest BCUT2D eigenvalue weighted by atomic mass is 9.94. The van der Waals surface area contributed by atoms with E-state index < -0.39 is 0 Å². The molecule has 2 rings (SSSR count). The third-order valence-corrected chi connectivity index (χ3v) is 3.44. The van der Waals surface area contributed by atoms with Gasteiger partial charge in [0.25, 0.3) is 0 Å². The molecule has 2 N–H and O–H groups in total. The summed E-state index contributed by atoms with van der Waals surface area (Å²) in [5.41, 5.74) is 0. The molecule has 0 aliphatic carbocycles. The Hall–Kier alpha value is -1.36. The highest BCUT2D eigenvalue weighted by atomic mass is 16.2. The Bertz CT molecular complexity index is 368. The molecule has 2 heterocycles. The molecule has 1 aliphatic heterocycles. The molecular weight excluding hydrogens is 228 g/mol. The van der Waals surface area contributed by atoms with Gasteiger partial charge in [-0.1, -0.05) is 0 Å². The minimum absolute atomic E-state index is 0.108. The quantitative estimate of drug-likeness (QED) is 0.830. The molecule has 1 saturated heterocycles. The Balaban J connectivity index is 1.76. The molecule has 1 aromatic heterocycles. The van der Waals surface area contributed by atoms with Crippen LogP contribution in [-0.4, -0.2) is 34.3 Å². The molecule has 0 saturated carbocycles. The van der Waals surface area contributed by atoms with E-state index in [-0.39, 0.29) is 17.9 Å². The molecule has 1 amide bonds. The van der Waals surface area contributed by atoms with Gasteiger partial charge in [0.1, 0.15) is 0 Å². The summed E-state index contributed by atoms with van der Waals surface area (Å²) < 4.78 is 1.84. The zero-order chi connectivity index (χ0) is 13.0. The van der Waals surface area contributed by atoms with Crippen molar-refractivity contribution >= 4 is 5.91 Å². The molecule has 100 valence electrons. The smallest absolute Gasteiger partial charge is 0.224 e. The summed E-state index contributed by atoms with van der Waals surface area (Å²) in [6.45, 7) is 5.68. The fourth-order valence-electron chi connectivity index (χ4n) is 2.32. The maximum Gasteiger partial charge on any atom is 0.224 e. The van der Waals surface area contributed by atoms with Gasteiger partial charge in [0, 0.05) is 31.0 Å². The first-order valence-electron chi connectivity index (χ1n) is 6.66. The van der Waals surface area contributed by atoms with Crippen molar-refractivity contribution in [1.82, 2.24) is 20.4 Å². The van der Waals surface area contributed by atoms with Crippen molar-refractivity contribution in [2.75, 3.05) is 6.54 Å². The minimum atomic E-state index is 0.108. The van der Waals surface area contributed by atoms with Crippen LogP contribution in [0.3, 0.4) is 0 Å². The van der Waals surface area contributed by atoms with Gasteiger partial charge < -0.3 is 10.6 Å². The number of piperidine rings is 1. The van der Waals surface area contributed by atoms with E-state index in [1.807, 2.05) is 23.9 Å². The predicted octanol–water partition coefficient (Wildman–Crippen LogP) is 0.776. The summed E-state index contributed by atoms with van der Waals surface area (Å²) in [6.07, 6.45) is 5.72. The summed E-state index contributed by atoms with van der Waals surface area (Å²) in [4.78, 5) is 12.1. The average molecular weight is 250 g/mol. The van der Waals surface area contributed by atoms with Crippen molar-refractivity contribution in [2.24, 2.45) is 5.92 Å². The van der Waals surface area contributed by atoms with Crippen molar-refractivity contribution in [3.63, 3.8) is 0 Å². The lowest BCUT2D eigenvalue weighted by molar-refractivity contribution is -0.126. The third kappa shape index (κ3) is 3.57. The fourth-order valence-corrected chi connectivity index (χ4v) is 2.32. The number of nitrogens with one attached hydrogen (secondary N) is 2. The first-order chi connectivity index (χ1) is 8.65. The van der Waals surface area contributed by atoms with Gasteiger partial charge in [0.2, 0.25) is 5.91 Å². The maximum atomic E-state index is 12.1. The summed E-state index contributed by atoms with van der Waals surface area (Å²) in [5, 5.41) is 10.6. The molecule has 0 spiro atoms. The second kappa shape index (κ2) is 6.00. The highest BCUT2D eigenvalue weighted by Crippen LogP contribution is 2.14. The normalized spacial score (nSPS) is 25.7. The van der Waals surface area contributed by atoms with E-state index in [2.05, 4.69) is 22.7 Å². The monoisotopic (exact) mass is 250 g/mol. The van der Waals surface area contributed by atoms with E-state index in [1.165, 1.54) is 0 Å². The van der Waals surface area contributed by atoms with E-state index >= 15 is 0 Å². The largest absolute Gasteiger partial charge is 0.352 e. The van der Waals surface area contributed by atoms with Gasteiger partial charge >= 0.3 is 0 Å². The fraction of sp³-hybridized carbons (Fsp3) is 0.692. The van der Waals surface area contributed by atoms with Gasteiger partial charge in [-0.2, -0.15) is 5.10 Å². The average Bonchev–Trinajstić information content (AvgIpc) is 2.82. The number of carbonyl (C=O) groups is 1. The first-order valence-corrected chi connectivity index (χ1v) is 6.66. The van der Waals surface area contributed by atoms with Crippen LogP contribution in [0.1, 0.15) is 26.7 Å². The standard InChI is InChI=1S/C13H22N4O/c1-10-4-5-12(8-14-10)13(18)16-11(2)9-17-7-3-6-15-17/h3,6-7,10-12,14H,4-5,8-9H2,1-2H3,(H,16,18). The molecule has 1 aliphatic rings. The van der Waals surface area contributed by atoms with Gasteiger partial charge in [0.15, 0.2) is 0 Å². The molecule has 3 unspecified atom stereocenters. The molecule has 0 aromatic carbocycles. The summed E-state index contributed by atoms with van der Waals surface area (Å²) >= 11 is 0. The lowest BCUT2D eigenvalue weighted by Gasteiger charge is -2.27. The molecule has 1 aromatic rings. The van der Waals surface area contributed by atoms with Crippen LogP contribution in [0, 0.1) is 5.92 Å². The summed E-state index contributed by atoms with van der Waals surface area (Å²) in [7, 11) is 0. The highest BCUT2D eigenvalue weighted by molar-refractivity contribution is 5.79. The SMILES string of the molecule is CC1CCC(C(=O)NC(C)Cn2cccn2)CN1. The number of hydrogen-bond acceptors (Lipinski definition) is 3. The molecule has 3 atom stereocenters. The van der Waals surface area contributed by atoms with Crippen molar-refractivity contribution in [2.45, 2.75) is 45.3 Å². The number of aromatic nitrogens is 2. The maximum absolute atomic E-state index is 12.1. The van der Waals surface area contributed by atoms with Gasteiger partial charge in [-0.05, 0) is 32.8 Å². The van der Waals surface area contributed by atoms with E-state index in [4.69, 9.17) is 0 Å². The van der Waals surface area contributed by atoms with Crippen LogP contribution >= 0.6 is 0 Å². The Kier molecular flexibility index (Phi) is 4.36. The van der Waals surface area contributed by atoms with Gasteiger partial charge in [-0.3, -0.25) is 9.48 Å². The van der Waals surface area contributed by atoms with Crippen LogP contribution in [0.4, 0.5) is 0 Å². The predicted molar refractivity (Wildman–Crippen MR) is 70.0 cm³/mol. The van der Waals surface area contributed by atoms with Crippen LogP contribution in [0.25, 0.3) is 0 Å². The summed E-state index contributed by atoms with van der Waals surface area (Å²) in [6, 6.07) is 2.54. The van der Waals surface area contributed by atoms with Crippen molar-refractivity contribution in [1.29, 1.82) is 0 Å². The van der Waals surface area contributed by atoms with Crippen molar-refractivity contribution in [3.05, 3.63) is 18.5 Å². The third-order valence-electron chi connectivity index (χ3n) is 3.44. The molecular formula is C13H22N4O. The van der Waals surface area contributed by atoms with Gasteiger partial charge in [-0.15, -0.1) is 0 Å². The van der Waals surface area contributed by atoms with E-state index in [0.717, 1.165) is 25.9 Å². The molecule has 5 heteroatoms. The number of hydrogen-bond donors (Lipinski definition) is 2. The minimum Gasteiger partial charge on any atom is -0.352 e. The van der Waals surface area contributed by atoms with E-state index in [0.29, 0.717) is 6.04 Å². The number of nitrogens with zero attached hydrogens (tertiary/aromatic N) is 2. The van der Waals surface area contributed by atoms with Crippen molar-refractivity contribution < 1.29 is 4.79 Å². The Morgan fingerprint density at radius 1 is 1.61 bits per heavy atom. The lowest BCUT2D eigenvalue weighted by Crippen LogP contribution is -2.46. The van der Waals surface area contributed by atoms with Crippen LogP contribution in [0.15, 0.2) is 18.5 Å². The van der Waals surface area contributed by atoms with Crippen LogP contribution in [0.2, 0.25) is 0 Å². The first kappa shape index (κ1) is 13.1. The highest BCUT2D eigenvalue weighted by Gasteiger charge is 2.24.